The third kappa shape index (κ3) is 6.14. The minimum atomic E-state index is -0.359. The smallest absolute Gasteiger partial charge is 0.407 e. The number of guanidine groups is 1. The van der Waals surface area contributed by atoms with Gasteiger partial charge in [0.05, 0.1) is 24.9 Å². The molecule has 1 unspecified atom stereocenters. The largest absolute Gasteiger partial charge is 0.450 e. The zero-order valence-electron chi connectivity index (χ0n) is 13.7. The van der Waals surface area contributed by atoms with Crippen LogP contribution in [0.25, 0.3) is 0 Å². The highest BCUT2D eigenvalue weighted by molar-refractivity contribution is 5.79. The predicted octanol–water partition coefficient (Wildman–Crippen LogP) is 1.27. The molecule has 0 saturated heterocycles. The molecule has 23 heavy (non-hydrogen) atoms. The van der Waals surface area contributed by atoms with Gasteiger partial charge in [0.2, 0.25) is 0 Å². The van der Waals surface area contributed by atoms with Crippen molar-refractivity contribution < 1.29 is 9.53 Å². The fourth-order valence-corrected chi connectivity index (χ4v) is 2.26. The van der Waals surface area contributed by atoms with E-state index in [1.807, 2.05) is 18.2 Å². The molecule has 0 bridgehead atoms. The van der Waals surface area contributed by atoms with Crippen LogP contribution in [0.15, 0.2) is 29.4 Å². The molecular weight excluding hydrogens is 294 g/mol. The molecule has 1 fully saturated rings. The van der Waals surface area contributed by atoms with E-state index in [1.54, 1.807) is 20.2 Å². The van der Waals surface area contributed by atoms with Gasteiger partial charge in [0.15, 0.2) is 5.96 Å². The van der Waals surface area contributed by atoms with Crippen molar-refractivity contribution in [2.75, 3.05) is 20.2 Å². The summed E-state index contributed by atoms with van der Waals surface area (Å²) in [5.41, 5.74) is 0.943. The maximum Gasteiger partial charge on any atom is 0.407 e. The summed E-state index contributed by atoms with van der Waals surface area (Å²) in [7, 11) is 1.72. The Labute approximate surface area is 136 Å². The number of amides is 1. The molecule has 1 saturated carbocycles. The van der Waals surface area contributed by atoms with Crippen LogP contribution in [0.5, 0.6) is 0 Å². The summed E-state index contributed by atoms with van der Waals surface area (Å²) in [5, 5.41) is 9.38. The van der Waals surface area contributed by atoms with Crippen LogP contribution < -0.4 is 16.0 Å². The number of carbonyl (C=O) groups is 1. The fourth-order valence-electron chi connectivity index (χ4n) is 2.26. The van der Waals surface area contributed by atoms with Crippen LogP contribution in [0.3, 0.4) is 0 Å². The molecule has 7 heteroatoms. The monoisotopic (exact) mass is 319 g/mol. The van der Waals surface area contributed by atoms with Gasteiger partial charge in [-0.2, -0.15) is 0 Å². The van der Waals surface area contributed by atoms with Gasteiger partial charge in [0.1, 0.15) is 0 Å². The molecule has 1 aliphatic carbocycles. The lowest BCUT2D eigenvalue weighted by molar-refractivity contribution is 0.146. The number of rotatable bonds is 7. The van der Waals surface area contributed by atoms with E-state index < -0.39 is 0 Å². The van der Waals surface area contributed by atoms with Gasteiger partial charge in [-0.25, -0.2) is 4.79 Å². The van der Waals surface area contributed by atoms with Gasteiger partial charge in [0, 0.05) is 19.8 Å². The van der Waals surface area contributed by atoms with E-state index in [9.17, 15) is 4.79 Å². The van der Waals surface area contributed by atoms with Gasteiger partial charge in [0.25, 0.3) is 0 Å². The number of aromatic nitrogens is 1. The Hall–Kier alpha value is -2.31. The van der Waals surface area contributed by atoms with Gasteiger partial charge >= 0.3 is 6.09 Å². The zero-order chi connectivity index (χ0) is 16.5. The summed E-state index contributed by atoms with van der Waals surface area (Å²) in [5.74, 6) is 1.20. The second kappa shape index (κ2) is 8.97. The second-order valence-corrected chi connectivity index (χ2v) is 5.44. The van der Waals surface area contributed by atoms with Crippen molar-refractivity contribution in [1.82, 2.24) is 20.9 Å². The number of aliphatic imine (C=N–C) groups is 1. The number of nitrogens with one attached hydrogen (secondary N) is 3. The van der Waals surface area contributed by atoms with E-state index in [2.05, 4.69) is 25.9 Å². The minimum absolute atomic E-state index is 0.0578. The van der Waals surface area contributed by atoms with Crippen molar-refractivity contribution in [2.24, 2.45) is 10.9 Å². The highest BCUT2D eigenvalue weighted by Crippen LogP contribution is 2.32. The number of nitrogens with zero attached hydrogens (tertiary/aromatic N) is 2. The topological polar surface area (TPSA) is 87.6 Å². The molecular formula is C16H25N5O2. The van der Waals surface area contributed by atoms with Gasteiger partial charge in [-0.1, -0.05) is 6.07 Å². The first-order valence-electron chi connectivity index (χ1n) is 8.00. The average molecular weight is 319 g/mol. The summed E-state index contributed by atoms with van der Waals surface area (Å²) in [6.45, 7) is 3.39. The lowest BCUT2D eigenvalue weighted by atomic mass is 10.2. The van der Waals surface area contributed by atoms with Crippen molar-refractivity contribution in [3.05, 3.63) is 30.1 Å². The van der Waals surface area contributed by atoms with E-state index >= 15 is 0 Å². The van der Waals surface area contributed by atoms with Crippen molar-refractivity contribution in [2.45, 2.75) is 32.4 Å². The summed E-state index contributed by atoms with van der Waals surface area (Å²) in [6, 6.07) is 5.85. The molecule has 0 aromatic carbocycles. The number of alkyl carbamates (subject to hydrolysis) is 1. The molecule has 0 spiro atoms. The molecule has 2 rings (SSSR count). The summed E-state index contributed by atoms with van der Waals surface area (Å²) >= 11 is 0. The van der Waals surface area contributed by atoms with Crippen LogP contribution in [0, 0.1) is 5.92 Å². The fraction of sp³-hybridized carbons (Fsp3) is 0.562. The second-order valence-electron chi connectivity index (χ2n) is 5.44. The molecule has 1 aromatic rings. The minimum Gasteiger partial charge on any atom is -0.450 e. The van der Waals surface area contributed by atoms with E-state index in [0.717, 1.165) is 18.5 Å². The zero-order valence-corrected chi connectivity index (χ0v) is 13.7. The van der Waals surface area contributed by atoms with E-state index in [-0.39, 0.29) is 12.1 Å². The highest BCUT2D eigenvalue weighted by Gasteiger charge is 2.32. The Kier molecular flexibility index (Phi) is 6.65. The first-order valence-corrected chi connectivity index (χ1v) is 8.00. The number of hydrogen-bond donors (Lipinski definition) is 3. The number of ether oxygens (including phenoxy) is 1. The molecule has 1 heterocycles. The molecule has 3 N–H and O–H groups in total. The Balaban J connectivity index is 1.77. The Bertz CT molecular complexity index is 516. The molecule has 0 radical (unpaired) electrons. The van der Waals surface area contributed by atoms with E-state index in [1.165, 1.54) is 0 Å². The van der Waals surface area contributed by atoms with E-state index in [4.69, 9.17) is 4.74 Å². The first-order chi connectivity index (χ1) is 11.2. The SMILES string of the molecule is CCOC(=O)NC(CNC(=NC)NCc1ccccn1)C1CC1. The summed E-state index contributed by atoms with van der Waals surface area (Å²) in [4.78, 5) is 20.0. The Morgan fingerprint density at radius 2 is 2.26 bits per heavy atom. The van der Waals surface area contributed by atoms with Crippen LogP contribution >= 0.6 is 0 Å². The third-order valence-corrected chi connectivity index (χ3v) is 3.65. The standard InChI is InChI=1S/C16H25N5O2/c1-3-23-16(22)21-14(12-7-8-12)11-20-15(17-2)19-10-13-6-4-5-9-18-13/h4-6,9,12,14H,3,7-8,10-11H2,1-2H3,(H,21,22)(H2,17,19,20). The van der Waals surface area contributed by atoms with Crippen molar-refractivity contribution in [3.8, 4) is 0 Å². The average Bonchev–Trinajstić information content (AvgIpc) is 3.40. The highest BCUT2D eigenvalue weighted by atomic mass is 16.5. The molecule has 126 valence electrons. The van der Waals surface area contributed by atoms with Crippen LogP contribution in [0.2, 0.25) is 0 Å². The lowest BCUT2D eigenvalue weighted by Gasteiger charge is -2.20. The van der Waals surface area contributed by atoms with Crippen molar-refractivity contribution in [3.63, 3.8) is 0 Å². The maximum absolute atomic E-state index is 11.6. The number of hydrogen-bond acceptors (Lipinski definition) is 4. The molecule has 0 aliphatic heterocycles. The molecule has 1 amide bonds. The Morgan fingerprint density at radius 3 is 2.87 bits per heavy atom. The normalized spacial score (nSPS) is 15.7. The van der Waals surface area contributed by atoms with Gasteiger partial charge in [-0.15, -0.1) is 0 Å². The van der Waals surface area contributed by atoms with Crippen LogP contribution in [0.4, 0.5) is 4.79 Å². The number of carbonyl (C=O) groups excluding carboxylic acids is 1. The quantitative estimate of drug-likeness (QED) is 0.520. The first kappa shape index (κ1) is 17.1. The molecule has 1 aliphatic rings. The van der Waals surface area contributed by atoms with E-state index in [0.29, 0.717) is 31.6 Å². The summed E-state index contributed by atoms with van der Waals surface area (Å²) < 4.78 is 4.96. The molecule has 1 aromatic heterocycles. The molecule has 7 nitrogen and oxygen atoms in total. The number of pyridine rings is 1. The van der Waals surface area contributed by atoms with Crippen LogP contribution in [-0.2, 0) is 11.3 Å². The van der Waals surface area contributed by atoms with Crippen LogP contribution in [0.1, 0.15) is 25.5 Å². The van der Waals surface area contributed by atoms with Gasteiger partial charge < -0.3 is 20.7 Å². The predicted molar refractivity (Wildman–Crippen MR) is 89.1 cm³/mol. The van der Waals surface area contributed by atoms with Crippen molar-refractivity contribution >= 4 is 12.1 Å². The van der Waals surface area contributed by atoms with Crippen LogP contribution in [-0.4, -0.2) is 43.3 Å². The summed E-state index contributed by atoms with van der Waals surface area (Å²) in [6.07, 6.45) is 3.68. The molecule has 1 atom stereocenters. The maximum atomic E-state index is 11.6. The lowest BCUT2D eigenvalue weighted by Crippen LogP contribution is -2.48. The Morgan fingerprint density at radius 1 is 1.43 bits per heavy atom. The van der Waals surface area contributed by atoms with Gasteiger partial charge in [-0.3, -0.25) is 9.98 Å². The van der Waals surface area contributed by atoms with Crippen molar-refractivity contribution in [1.29, 1.82) is 0 Å². The van der Waals surface area contributed by atoms with Gasteiger partial charge in [-0.05, 0) is 37.8 Å². The third-order valence-electron chi connectivity index (χ3n) is 3.65.